The third-order valence-electron chi connectivity index (χ3n) is 2.36. The first-order chi connectivity index (χ1) is 6.86. The van der Waals surface area contributed by atoms with Crippen LogP contribution in [0.2, 0.25) is 0 Å². The molecule has 0 aromatic carbocycles. The number of halogens is 1. The van der Waals surface area contributed by atoms with Gasteiger partial charge in [-0.3, -0.25) is 4.90 Å². The summed E-state index contributed by atoms with van der Waals surface area (Å²) in [6, 6.07) is 0. The summed E-state index contributed by atoms with van der Waals surface area (Å²) < 4.78 is 10.8. The molecule has 14 heavy (non-hydrogen) atoms. The molecule has 1 atom stereocenters. The minimum atomic E-state index is 0.220. The van der Waals surface area contributed by atoms with E-state index in [9.17, 15) is 0 Å². The van der Waals surface area contributed by atoms with Gasteiger partial charge in [-0.25, -0.2) is 0 Å². The fraction of sp³-hybridized carbons (Fsp3) is 1.00. The molecule has 1 heterocycles. The van der Waals surface area contributed by atoms with Crippen LogP contribution in [0.15, 0.2) is 0 Å². The van der Waals surface area contributed by atoms with Crippen molar-refractivity contribution in [2.24, 2.45) is 0 Å². The Kier molecular flexibility index (Phi) is 6.52. The number of alkyl halides is 1. The van der Waals surface area contributed by atoms with Crippen molar-refractivity contribution in [1.82, 2.24) is 4.90 Å². The van der Waals surface area contributed by atoms with Gasteiger partial charge >= 0.3 is 0 Å². The predicted molar refractivity (Wildman–Crippen MR) is 58.0 cm³/mol. The number of hydrogen-bond acceptors (Lipinski definition) is 3. The zero-order chi connectivity index (χ0) is 10.2. The van der Waals surface area contributed by atoms with Crippen molar-refractivity contribution in [3.05, 3.63) is 0 Å². The molecule has 1 unspecified atom stereocenters. The van der Waals surface area contributed by atoms with Gasteiger partial charge in [-0.1, -0.05) is 0 Å². The van der Waals surface area contributed by atoms with E-state index in [0.717, 1.165) is 45.9 Å². The first-order valence-corrected chi connectivity index (χ1v) is 5.88. The van der Waals surface area contributed by atoms with E-state index in [4.69, 9.17) is 21.1 Å². The first-order valence-electron chi connectivity index (χ1n) is 5.34. The fourth-order valence-corrected chi connectivity index (χ4v) is 1.80. The van der Waals surface area contributed by atoms with Gasteiger partial charge in [0.05, 0.1) is 12.7 Å². The van der Waals surface area contributed by atoms with Gasteiger partial charge in [0.25, 0.3) is 0 Å². The standard InChI is InChI=1S/C10H20ClNO2/c1-2-13-6-3-4-12-5-7-14-10(8-11)9-12/h10H,2-9H2,1H3. The van der Waals surface area contributed by atoms with Gasteiger partial charge in [-0.2, -0.15) is 0 Å². The van der Waals surface area contributed by atoms with E-state index in [-0.39, 0.29) is 6.10 Å². The van der Waals surface area contributed by atoms with Gasteiger partial charge in [0, 0.05) is 38.7 Å². The summed E-state index contributed by atoms with van der Waals surface area (Å²) >= 11 is 5.75. The van der Waals surface area contributed by atoms with E-state index in [1.807, 2.05) is 6.92 Å². The van der Waals surface area contributed by atoms with Crippen molar-refractivity contribution >= 4 is 11.6 Å². The van der Waals surface area contributed by atoms with Gasteiger partial charge in [0.15, 0.2) is 0 Å². The van der Waals surface area contributed by atoms with Crippen LogP contribution in [0.1, 0.15) is 13.3 Å². The molecule has 0 saturated carbocycles. The van der Waals surface area contributed by atoms with E-state index < -0.39 is 0 Å². The van der Waals surface area contributed by atoms with E-state index in [0.29, 0.717) is 5.88 Å². The molecule has 0 spiro atoms. The molecule has 0 aromatic heterocycles. The highest BCUT2D eigenvalue weighted by atomic mass is 35.5. The Bertz CT molecular complexity index is 146. The highest BCUT2D eigenvalue weighted by Gasteiger charge is 2.18. The van der Waals surface area contributed by atoms with Crippen LogP contribution in [0, 0.1) is 0 Å². The van der Waals surface area contributed by atoms with E-state index in [2.05, 4.69) is 4.90 Å². The lowest BCUT2D eigenvalue weighted by molar-refractivity contribution is -0.0188. The summed E-state index contributed by atoms with van der Waals surface area (Å²) in [5, 5.41) is 0. The Balaban J connectivity index is 2.05. The Morgan fingerprint density at radius 3 is 3.14 bits per heavy atom. The van der Waals surface area contributed by atoms with Crippen LogP contribution in [0.25, 0.3) is 0 Å². The lowest BCUT2D eigenvalue weighted by Crippen LogP contribution is -2.43. The van der Waals surface area contributed by atoms with E-state index in [1.165, 1.54) is 0 Å². The summed E-state index contributed by atoms with van der Waals surface area (Å²) in [5.41, 5.74) is 0. The number of morpholine rings is 1. The van der Waals surface area contributed by atoms with Crippen LogP contribution in [0.4, 0.5) is 0 Å². The number of rotatable bonds is 6. The maximum Gasteiger partial charge on any atom is 0.0837 e. The summed E-state index contributed by atoms with van der Waals surface area (Å²) in [5.74, 6) is 0.599. The average Bonchev–Trinajstić information content (AvgIpc) is 2.25. The summed E-state index contributed by atoms with van der Waals surface area (Å²) in [6.45, 7) is 7.60. The molecule has 0 aromatic rings. The Labute approximate surface area is 91.3 Å². The smallest absolute Gasteiger partial charge is 0.0837 e. The van der Waals surface area contributed by atoms with E-state index in [1.54, 1.807) is 0 Å². The lowest BCUT2D eigenvalue weighted by Gasteiger charge is -2.31. The normalized spacial score (nSPS) is 24.0. The summed E-state index contributed by atoms with van der Waals surface area (Å²) in [7, 11) is 0. The molecule has 1 saturated heterocycles. The molecule has 1 rings (SSSR count). The second-order valence-electron chi connectivity index (χ2n) is 3.50. The minimum absolute atomic E-state index is 0.220. The third-order valence-corrected chi connectivity index (χ3v) is 2.71. The van der Waals surface area contributed by atoms with Crippen molar-refractivity contribution in [2.45, 2.75) is 19.4 Å². The third kappa shape index (κ3) is 4.60. The van der Waals surface area contributed by atoms with E-state index >= 15 is 0 Å². The monoisotopic (exact) mass is 221 g/mol. The number of nitrogens with zero attached hydrogens (tertiary/aromatic N) is 1. The van der Waals surface area contributed by atoms with Crippen molar-refractivity contribution in [2.75, 3.05) is 45.3 Å². The molecular weight excluding hydrogens is 202 g/mol. The van der Waals surface area contributed by atoms with Crippen molar-refractivity contribution in [3.8, 4) is 0 Å². The fourth-order valence-electron chi connectivity index (χ4n) is 1.61. The SMILES string of the molecule is CCOCCCN1CCOC(CCl)C1. The predicted octanol–water partition coefficient (Wildman–Crippen LogP) is 1.35. The topological polar surface area (TPSA) is 21.7 Å². The Hall–Kier alpha value is 0.170. The lowest BCUT2D eigenvalue weighted by atomic mass is 10.3. The van der Waals surface area contributed by atoms with Crippen LogP contribution in [-0.2, 0) is 9.47 Å². The molecule has 1 aliphatic heterocycles. The molecule has 0 N–H and O–H groups in total. The molecular formula is C10H20ClNO2. The zero-order valence-electron chi connectivity index (χ0n) is 8.88. The Morgan fingerprint density at radius 2 is 2.43 bits per heavy atom. The molecule has 0 bridgehead atoms. The molecule has 4 heteroatoms. The number of hydrogen-bond donors (Lipinski definition) is 0. The second kappa shape index (κ2) is 7.46. The highest BCUT2D eigenvalue weighted by Crippen LogP contribution is 2.06. The van der Waals surface area contributed by atoms with Crippen LogP contribution in [0.5, 0.6) is 0 Å². The van der Waals surface area contributed by atoms with Gasteiger partial charge in [0.1, 0.15) is 0 Å². The van der Waals surface area contributed by atoms with Gasteiger partial charge in [0.2, 0.25) is 0 Å². The summed E-state index contributed by atoms with van der Waals surface area (Å²) in [4.78, 5) is 2.40. The van der Waals surface area contributed by atoms with Crippen molar-refractivity contribution < 1.29 is 9.47 Å². The average molecular weight is 222 g/mol. The molecule has 0 radical (unpaired) electrons. The maximum absolute atomic E-state index is 5.75. The maximum atomic E-state index is 5.75. The van der Waals surface area contributed by atoms with Crippen LogP contribution < -0.4 is 0 Å². The van der Waals surface area contributed by atoms with Crippen LogP contribution in [0.3, 0.4) is 0 Å². The quantitative estimate of drug-likeness (QED) is 0.499. The largest absolute Gasteiger partial charge is 0.382 e. The van der Waals surface area contributed by atoms with Crippen molar-refractivity contribution in [1.29, 1.82) is 0 Å². The molecule has 0 aliphatic carbocycles. The van der Waals surface area contributed by atoms with Gasteiger partial charge in [-0.15, -0.1) is 11.6 Å². The molecule has 84 valence electrons. The van der Waals surface area contributed by atoms with Crippen molar-refractivity contribution in [3.63, 3.8) is 0 Å². The minimum Gasteiger partial charge on any atom is -0.382 e. The van der Waals surface area contributed by atoms with Gasteiger partial charge < -0.3 is 9.47 Å². The van der Waals surface area contributed by atoms with Gasteiger partial charge in [-0.05, 0) is 13.3 Å². The molecule has 0 amide bonds. The van der Waals surface area contributed by atoms with Crippen LogP contribution >= 0.6 is 11.6 Å². The molecule has 1 fully saturated rings. The first kappa shape index (κ1) is 12.2. The molecule has 1 aliphatic rings. The Morgan fingerprint density at radius 1 is 1.57 bits per heavy atom. The molecule has 3 nitrogen and oxygen atoms in total. The van der Waals surface area contributed by atoms with Crippen LogP contribution in [-0.4, -0.2) is 56.3 Å². The zero-order valence-corrected chi connectivity index (χ0v) is 9.63. The highest BCUT2D eigenvalue weighted by molar-refractivity contribution is 6.18. The number of ether oxygens (including phenoxy) is 2. The summed E-state index contributed by atoms with van der Waals surface area (Å²) in [6.07, 6.45) is 1.32. The second-order valence-corrected chi connectivity index (χ2v) is 3.81.